The van der Waals surface area contributed by atoms with E-state index in [2.05, 4.69) is 4.90 Å². The molecule has 1 amide bonds. The Morgan fingerprint density at radius 2 is 1.66 bits per heavy atom. The van der Waals surface area contributed by atoms with Gasteiger partial charge in [-0.3, -0.25) is 9.69 Å². The topological polar surface area (TPSA) is 65.7 Å². The zero-order valence-electron chi connectivity index (χ0n) is 27.6. The van der Waals surface area contributed by atoms with Crippen LogP contribution in [-0.4, -0.2) is 73.7 Å². The summed E-state index contributed by atoms with van der Waals surface area (Å²) in [5.41, 5.74) is 7.99. The molecule has 3 aromatic rings. The first-order chi connectivity index (χ1) is 22.2. The molecule has 10 heteroatoms. The Morgan fingerprint density at radius 1 is 0.979 bits per heavy atom. The van der Waals surface area contributed by atoms with Crippen molar-refractivity contribution in [1.29, 1.82) is 0 Å². The molecular weight excluding hydrogens is 606 g/mol. The van der Waals surface area contributed by atoms with Gasteiger partial charge in [-0.1, -0.05) is 49.4 Å². The van der Waals surface area contributed by atoms with E-state index in [0.717, 1.165) is 12.8 Å². The SMILES string of the molecule is CC/C=C(\F)c1cc(/C(=C(\CC(F)(F)F)c2ccccc2)c2ccc(N(C)CC3(N(C)C/C=C/C(=O)N(C)C)CC3)nc2)ccc1N. The number of alkyl halides is 3. The number of carbonyl (C=O) groups is 1. The van der Waals surface area contributed by atoms with E-state index in [-0.39, 0.29) is 28.3 Å². The largest absolute Gasteiger partial charge is 0.398 e. The molecule has 2 N–H and O–H groups in total. The van der Waals surface area contributed by atoms with Crippen LogP contribution in [0.3, 0.4) is 0 Å². The second-order valence-electron chi connectivity index (χ2n) is 12.3. The first-order valence-electron chi connectivity index (χ1n) is 15.6. The third-order valence-corrected chi connectivity index (χ3v) is 8.46. The van der Waals surface area contributed by atoms with Gasteiger partial charge in [0.1, 0.15) is 11.6 Å². The molecule has 4 rings (SSSR count). The number of nitrogens with two attached hydrogens (primary N) is 1. The Balaban J connectivity index is 1.72. The average molecular weight is 650 g/mol. The first kappa shape index (κ1) is 35.4. The highest BCUT2D eigenvalue weighted by molar-refractivity contribution is 5.99. The van der Waals surface area contributed by atoms with E-state index in [0.29, 0.717) is 47.6 Å². The number of hydrogen-bond acceptors (Lipinski definition) is 5. The summed E-state index contributed by atoms with van der Waals surface area (Å²) in [5, 5.41) is 0. The van der Waals surface area contributed by atoms with Gasteiger partial charge in [0.2, 0.25) is 5.91 Å². The fourth-order valence-corrected chi connectivity index (χ4v) is 5.64. The maximum atomic E-state index is 15.1. The number of nitrogens with zero attached hydrogens (tertiary/aromatic N) is 4. The van der Waals surface area contributed by atoms with Gasteiger partial charge >= 0.3 is 6.18 Å². The van der Waals surface area contributed by atoms with Crippen molar-refractivity contribution in [3.63, 3.8) is 0 Å². The van der Waals surface area contributed by atoms with Crippen molar-refractivity contribution in [3.05, 3.63) is 107 Å². The second-order valence-corrected chi connectivity index (χ2v) is 12.3. The van der Waals surface area contributed by atoms with Crippen LogP contribution in [0, 0.1) is 0 Å². The Bertz CT molecular complexity index is 1620. The van der Waals surface area contributed by atoms with Crippen LogP contribution in [0.5, 0.6) is 0 Å². The maximum Gasteiger partial charge on any atom is 0.393 e. The molecule has 0 aliphatic heterocycles. The van der Waals surface area contributed by atoms with Crippen molar-refractivity contribution in [2.24, 2.45) is 0 Å². The number of nitrogen functional groups attached to an aromatic ring is 1. The number of halogens is 4. The molecule has 1 fully saturated rings. The van der Waals surface area contributed by atoms with Crippen molar-refractivity contribution in [2.45, 2.75) is 44.3 Å². The zero-order chi connectivity index (χ0) is 34.4. The predicted octanol–water partition coefficient (Wildman–Crippen LogP) is 7.84. The van der Waals surface area contributed by atoms with Crippen molar-refractivity contribution < 1.29 is 22.4 Å². The lowest BCUT2D eigenvalue weighted by Gasteiger charge is -2.32. The van der Waals surface area contributed by atoms with E-state index in [1.54, 1.807) is 81.8 Å². The highest BCUT2D eigenvalue weighted by atomic mass is 19.4. The Kier molecular flexibility index (Phi) is 11.3. The minimum atomic E-state index is -4.51. The van der Waals surface area contributed by atoms with Crippen molar-refractivity contribution in [2.75, 3.05) is 51.9 Å². The van der Waals surface area contributed by atoms with Crippen LogP contribution in [0.15, 0.2) is 85.1 Å². The summed E-state index contributed by atoms with van der Waals surface area (Å²) in [7, 11) is 7.39. The monoisotopic (exact) mass is 649 g/mol. The highest BCUT2D eigenvalue weighted by Crippen LogP contribution is 2.43. The lowest BCUT2D eigenvalue weighted by molar-refractivity contribution is -0.124. The molecule has 2 aromatic carbocycles. The number of allylic oxidation sites excluding steroid dienone is 2. The number of hydrogen-bond donors (Lipinski definition) is 1. The standard InChI is InChI=1S/C37H43F4N5O/c1-6-11-31(38)29-22-27(15-17-32(29)42)35(30(23-37(39,40)41)26-12-8-7-9-13-26)28-16-18-33(43-24-28)45(4)25-36(19-20-36)46(5)21-10-14-34(47)44(2)3/h7-18,22,24H,6,19-21,23,25,42H2,1-5H3/b14-10+,31-11-,35-30-. The van der Waals surface area contributed by atoms with Gasteiger partial charge in [0.05, 0.1) is 6.42 Å². The Hall–Kier alpha value is -4.44. The van der Waals surface area contributed by atoms with Crippen LogP contribution < -0.4 is 10.6 Å². The third kappa shape index (κ3) is 9.10. The summed E-state index contributed by atoms with van der Waals surface area (Å²) in [5.74, 6) is 0.0664. The van der Waals surface area contributed by atoms with Gasteiger partial charge in [0.15, 0.2) is 0 Å². The summed E-state index contributed by atoms with van der Waals surface area (Å²) in [6.45, 7) is 3.09. The number of carbonyl (C=O) groups excluding carboxylic acids is 1. The number of pyridine rings is 1. The smallest absolute Gasteiger partial charge is 0.393 e. The molecule has 250 valence electrons. The van der Waals surface area contributed by atoms with E-state index in [4.69, 9.17) is 10.7 Å². The molecular formula is C37H43F4N5O. The minimum absolute atomic E-state index is 0.0518. The highest BCUT2D eigenvalue weighted by Gasteiger charge is 2.46. The molecule has 0 unspecified atom stereocenters. The van der Waals surface area contributed by atoms with Crippen LogP contribution in [0.2, 0.25) is 0 Å². The van der Waals surface area contributed by atoms with Gasteiger partial charge < -0.3 is 15.5 Å². The molecule has 1 saturated carbocycles. The Labute approximate surface area is 274 Å². The van der Waals surface area contributed by atoms with Crippen LogP contribution in [0.1, 0.15) is 54.9 Å². The molecule has 0 radical (unpaired) electrons. The molecule has 0 atom stereocenters. The van der Waals surface area contributed by atoms with E-state index in [1.165, 1.54) is 23.1 Å². The van der Waals surface area contributed by atoms with E-state index < -0.39 is 18.4 Å². The number of rotatable bonds is 13. The van der Waals surface area contributed by atoms with Crippen molar-refractivity contribution in [3.8, 4) is 0 Å². The van der Waals surface area contributed by atoms with Gasteiger partial charge in [0, 0.05) is 68.9 Å². The molecule has 1 aliphatic rings. The van der Waals surface area contributed by atoms with E-state index >= 15 is 4.39 Å². The second kappa shape index (κ2) is 15.0. The van der Waals surface area contributed by atoms with Crippen molar-refractivity contribution in [1.82, 2.24) is 14.8 Å². The minimum Gasteiger partial charge on any atom is -0.398 e. The molecule has 0 saturated heterocycles. The predicted molar refractivity (Wildman–Crippen MR) is 183 cm³/mol. The van der Waals surface area contributed by atoms with E-state index in [1.807, 2.05) is 25.1 Å². The quantitative estimate of drug-likeness (QED) is 0.0885. The lowest BCUT2D eigenvalue weighted by Crippen LogP contribution is -2.43. The summed E-state index contributed by atoms with van der Waals surface area (Å²) < 4.78 is 57.5. The molecule has 1 aliphatic carbocycles. The average Bonchev–Trinajstić information content (AvgIpc) is 3.82. The number of aromatic nitrogens is 1. The molecule has 6 nitrogen and oxygen atoms in total. The Morgan fingerprint density at radius 3 is 2.23 bits per heavy atom. The summed E-state index contributed by atoms with van der Waals surface area (Å²) in [6, 6.07) is 16.6. The van der Waals surface area contributed by atoms with Crippen LogP contribution in [0.25, 0.3) is 17.0 Å². The third-order valence-electron chi connectivity index (χ3n) is 8.46. The zero-order valence-corrected chi connectivity index (χ0v) is 27.6. The fraction of sp³-hybridized carbons (Fsp3) is 0.351. The van der Waals surface area contributed by atoms with E-state index in [9.17, 15) is 18.0 Å². The van der Waals surface area contributed by atoms with Gasteiger partial charge in [-0.05, 0) is 78.9 Å². The molecule has 1 aromatic heterocycles. The number of amides is 1. The molecule has 0 bridgehead atoms. The first-order valence-corrected chi connectivity index (χ1v) is 15.6. The lowest BCUT2D eigenvalue weighted by atomic mass is 9.87. The van der Waals surface area contributed by atoms with Crippen LogP contribution in [0.4, 0.5) is 29.1 Å². The summed E-state index contributed by atoms with van der Waals surface area (Å²) in [6.07, 6.45) is 3.13. The van der Waals surface area contributed by atoms with Crippen LogP contribution >= 0.6 is 0 Å². The normalized spacial score (nSPS) is 15.1. The van der Waals surface area contributed by atoms with Gasteiger partial charge in [0.25, 0.3) is 0 Å². The van der Waals surface area contributed by atoms with Gasteiger partial charge in [-0.15, -0.1) is 0 Å². The van der Waals surface area contributed by atoms with Crippen molar-refractivity contribution >= 4 is 34.4 Å². The summed E-state index contributed by atoms with van der Waals surface area (Å²) in [4.78, 5) is 22.4. The van der Waals surface area contributed by atoms with Gasteiger partial charge in [-0.2, -0.15) is 13.2 Å². The fourth-order valence-electron chi connectivity index (χ4n) is 5.64. The number of anilines is 2. The molecule has 0 spiro atoms. The maximum absolute atomic E-state index is 15.1. The number of likely N-dealkylation sites (N-methyl/N-ethyl adjacent to an activating group) is 3. The molecule has 1 heterocycles. The van der Waals surface area contributed by atoms with Crippen LogP contribution in [-0.2, 0) is 4.79 Å². The molecule has 47 heavy (non-hydrogen) atoms. The van der Waals surface area contributed by atoms with Gasteiger partial charge in [-0.25, -0.2) is 9.37 Å². The summed E-state index contributed by atoms with van der Waals surface area (Å²) >= 11 is 0. The number of benzene rings is 2.